The number of hydrogen-bond acceptors (Lipinski definition) is 5. The normalized spacial score (nSPS) is 14.2. The molecule has 2 heterocycles. The van der Waals surface area contributed by atoms with Crippen LogP contribution < -0.4 is 15.1 Å². The fourth-order valence-corrected chi connectivity index (χ4v) is 3.57. The van der Waals surface area contributed by atoms with Crippen molar-refractivity contribution in [2.24, 2.45) is 0 Å². The summed E-state index contributed by atoms with van der Waals surface area (Å²) in [5, 5.41) is 4.16. The number of nitrogens with zero attached hydrogens (tertiary/aromatic N) is 4. The Morgan fingerprint density at radius 3 is 2.29 bits per heavy atom. The molecule has 0 saturated carbocycles. The standard InChI is InChI=1S/C22H24ClN5/c1-16-6-8-19(9-7-16)25-21-14-17(2)24-22(26-21)28-12-10-27(11-13-28)20-5-3-4-18(23)15-20/h3-9,14-15H,10-13H2,1-2H3,(H,24,25,26). The van der Waals surface area contributed by atoms with Gasteiger partial charge in [0.15, 0.2) is 0 Å². The minimum Gasteiger partial charge on any atom is -0.368 e. The van der Waals surface area contributed by atoms with E-state index in [1.807, 2.05) is 31.2 Å². The van der Waals surface area contributed by atoms with Gasteiger partial charge in [-0.3, -0.25) is 0 Å². The van der Waals surface area contributed by atoms with Crippen LogP contribution in [0.5, 0.6) is 0 Å². The zero-order chi connectivity index (χ0) is 19.5. The SMILES string of the molecule is Cc1ccc(Nc2cc(C)nc(N3CCN(c4cccc(Cl)c4)CC3)n2)cc1. The summed E-state index contributed by atoms with van der Waals surface area (Å²) in [4.78, 5) is 14.0. The summed E-state index contributed by atoms with van der Waals surface area (Å²) in [5.74, 6) is 1.60. The van der Waals surface area contributed by atoms with Gasteiger partial charge in [-0.25, -0.2) is 4.98 Å². The van der Waals surface area contributed by atoms with Crippen molar-refractivity contribution in [1.29, 1.82) is 0 Å². The van der Waals surface area contributed by atoms with Crippen LogP contribution in [0, 0.1) is 13.8 Å². The zero-order valence-corrected chi connectivity index (χ0v) is 16.9. The number of hydrogen-bond donors (Lipinski definition) is 1. The average molecular weight is 394 g/mol. The lowest BCUT2D eigenvalue weighted by molar-refractivity contribution is 0.639. The number of aromatic nitrogens is 2. The van der Waals surface area contributed by atoms with Crippen molar-refractivity contribution in [1.82, 2.24) is 9.97 Å². The molecule has 5 nitrogen and oxygen atoms in total. The predicted octanol–water partition coefficient (Wildman–Crippen LogP) is 4.82. The van der Waals surface area contributed by atoms with Crippen molar-refractivity contribution < 1.29 is 0 Å². The van der Waals surface area contributed by atoms with Gasteiger partial charge in [0.2, 0.25) is 5.95 Å². The number of piperazine rings is 1. The molecule has 0 unspecified atom stereocenters. The fourth-order valence-electron chi connectivity index (χ4n) is 3.38. The molecular formula is C22H24ClN5. The van der Waals surface area contributed by atoms with Gasteiger partial charge in [0.25, 0.3) is 0 Å². The van der Waals surface area contributed by atoms with Crippen LogP contribution in [0.4, 0.5) is 23.1 Å². The van der Waals surface area contributed by atoms with Crippen molar-refractivity contribution in [3.8, 4) is 0 Å². The molecule has 6 heteroatoms. The minimum atomic E-state index is 0.772. The van der Waals surface area contributed by atoms with E-state index in [0.717, 1.165) is 54.3 Å². The third-order valence-electron chi connectivity index (χ3n) is 4.90. The van der Waals surface area contributed by atoms with Gasteiger partial charge >= 0.3 is 0 Å². The molecule has 0 spiro atoms. The van der Waals surface area contributed by atoms with Crippen LogP contribution in [-0.2, 0) is 0 Å². The number of rotatable bonds is 4. The van der Waals surface area contributed by atoms with Gasteiger partial charge in [0.05, 0.1) is 0 Å². The predicted molar refractivity (Wildman–Crippen MR) is 117 cm³/mol. The first-order valence-electron chi connectivity index (χ1n) is 9.52. The molecule has 0 aliphatic carbocycles. The first kappa shape index (κ1) is 18.6. The molecule has 1 fully saturated rings. The molecule has 1 N–H and O–H groups in total. The van der Waals surface area contributed by atoms with Crippen molar-refractivity contribution in [2.45, 2.75) is 13.8 Å². The van der Waals surface area contributed by atoms with E-state index in [0.29, 0.717) is 0 Å². The van der Waals surface area contributed by atoms with E-state index < -0.39 is 0 Å². The lowest BCUT2D eigenvalue weighted by atomic mass is 10.2. The fraction of sp³-hybridized carbons (Fsp3) is 0.273. The second-order valence-electron chi connectivity index (χ2n) is 7.14. The molecule has 4 rings (SSSR count). The van der Waals surface area contributed by atoms with E-state index in [9.17, 15) is 0 Å². The quantitative estimate of drug-likeness (QED) is 0.688. The molecule has 1 aromatic heterocycles. The van der Waals surface area contributed by atoms with E-state index in [1.165, 1.54) is 11.3 Å². The van der Waals surface area contributed by atoms with Gasteiger partial charge in [0, 0.05) is 54.3 Å². The number of aryl methyl sites for hydroxylation is 2. The number of benzene rings is 2. The van der Waals surface area contributed by atoms with Gasteiger partial charge in [-0.1, -0.05) is 35.4 Å². The van der Waals surface area contributed by atoms with E-state index in [1.54, 1.807) is 0 Å². The molecule has 1 saturated heterocycles. The first-order chi connectivity index (χ1) is 13.6. The molecule has 1 aliphatic heterocycles. The topological polar surface area (TPSA) is 44.3 Å². The van der Waals surface area contributed by atoms with Crippen LogP contribution in [0.15, 0.2) is 54.6 Å². The van der Waals surface area contributed by atoms with Crippen LogP contribution in [0.25, 0.3) is 0 Å². The zero-order valence-electron chi connectivity index (χ0n) is 16.2. The Morgan fingerprint density at radius 2 is 1.57 bits per heavy atom. The highest BCUT2D eigenvalue weighted by molar-refractivity contribution is 6.30. The maximum atomic E-state index is 6.13. The van der Waals surface area contributed by atoms with Crippen molar-refractivity contribution >= 4 is 34.7 Å². The molecule has 0 amide bonds. The Labute approximate surface area is 171 Å². The maximum Gasteiger partial charge on any atom is 0.227 e. The largest absolute Gasteiger partial charge is 0.368 e. The van der Waals surface area contributed by atoms with E-state index in [2.05, 4.69) is 57.4 Å². The molecule has 2 aromatic carbocycles. The van der Waals surface area contributed by atoms with Gasteiger partial charge in [0.1, 0.15) is 5.82 Å². The summed E-state index contributed by atoms with van der Waals surface area (Å²) in [6, 6.07) is 18.3. The average Bonchev–Trinajstić information content (AvgIpc) is 2.69. The van der Waals surface area contributed by atoms with Crippen molar-refractivity contribution in [2.75, 3.05) is 41.3 Å². The monoisotopic (exact) mass is 393 g/mol. The molecule has 0 radical (unpaired) electrons. The Bertz CT molecular complexity index is 949. The number of nitrogens with one attached hydrogen (secondary N) is 1. The van der Waals surface area contributed by atoms with Crippen LogP contribution >= 0.6 is 11.6 Å². The minimum absolute atomic E-state index is 0.772. The molecule has 0 atom stereocenters. The van der Waals surface area contributed by atoms with Crippen LogP contribution in [0.3, 0.4) is 0 Å². The van der Waals surface area contributed by atoms with E-state index in [4.69, 9.17) is 16.6 Å². The first-order valence-corrected chi connectivity index (χ1v) is 9.89. The molecule has 3 aromatic rings. The molecular weight excluding hydrogens is 370 g/mol. The summed E-state index contributed by atoms with van der Waals surface area (Å²) in [5.41, 5.74) is 4.39. The Hall–Kier alpha value is -2.79. The summed E-state index contributed by atoms with van der Waals surface area (Å²) in [7, 11) is 0. The molecule has 144 valence electrons. The van der Waals surface area contributed by atoms with Gasteiger partial charge in [-0.2, -0.15) is 4.98 Å². The molecule has 1 aliphatic rings. The van der Waals surface area contributed by atoms with Crippen LogP contribution in [0.1, 0.15) is 11.3 Å². The summed E-state index contributed by atoms with van der Waals surface area (Å²) in [6.45, 7) is 7.67. The van der Waals surface area contributed by atoms with E-state index >= 15 is 0 Å². The molecule has 0 bridgehead atoms. The van der Waals surface area contributed by atoms with E-state index in [-0.39, 0.29) is 0 Å². The Morgan fingerprint density at radius 1 is 0.857 bits per heavy atom. The summed E-state index contributed by atoms with van der Waals surface area (Å²) in [6.07, 6.45) is 0. The van der Waals surface area contributed by atoms with Crippen LogP contribution in [-0.4, -0.2) is 36.1 Å². The second-order valence-corrected chi connectivity index (χ2v) is 7.58. The third kappa shape index (κ3) is 4.37. The smallest absolute Gasteiger partial charge is 0.227 e. The second kappa shape index (κ2) is 8.07. The summed E-state index contributed by atoms with van der Waals surface area (Å²) >= 11 is 6.13. The molecule has 28 heavy (non-hydrogen) atoms. The number of anilines is 4. The van der Waals surface area contributed by atoms with Gasteiger partial charge < -0.3 is 15.1 Å². The van der Waals surface area contributed by atoms with Crippen molar-refractivity contribution in [3.63, 3.8) is 0 Å². The Balaban J connectivity index is 1.46. The lowest BCUT2D eigenvalue weighted by Gasteiger charge is -2.36. The highest BCUT2D eigenvalue weighted by Gasteiger charge is 2.20. The Kier molecular flexibility index (Phi) is 5.35. The van der Waals surface area contributed by atoms with Crippen molar-refractivity contribution in [3.05, 3.63) is 70.9 Å². The summed E-state index contributed by atoms with van der Waals surface area (Å²) < 4.78 is 0. The lowest BCUT2D eigenvalue weighted by Crippen LogP contribution is -2.47. The van der Waals surface area contributed by atoms with Gasteiger partial charge in [-0.05, 0) is 44.2 Å². The maximum absolute atomic E-state index is 6.13. The van der Waals surface area contributed by atoms with Crippen LogP contribution in [0.2, 0.25) is 5.02 Å². The van der Waals surface area contributed by atoms with Gasteiger partial charge in [-0.15, -0.1) is 0 Å². The third-order valence-corrected chi connectivity index (χ3v) is 5.14. The number of halogens is 1. The highest BCUT2D eigenvalue weighted by Crippen LogP contribution is 2.23. The highest BCUT2D eigenvalue weighted by atomic mass is 35.5.